The van der Waals surface area contributed by atoms with Crippen LogP contribution in [0.15, 0.2) is 78.9 Å². The topological polar surface area (TPSA) is 21.3 Å². The second-order valence-corrected chi connectivity index (χ2v) is 6.70. The Hall–Kier alpha value is -2.65. The molecule has 1 atom stereocenters. The van der Waals surface area contributed by atoms with Crippen LogP contribution in [-0.2, 0) is 13.2 Å². The van der Waals surface area contributed by atoms with Crippen LogP contribution in [0, 0.1) is 5.82 Å². The fourth-order valence-corrected chi connectivity index (χ4v) is 3.09. The lowest BCUT2D eigenvalue weighted by Crippen LogP contribution is -2.20. The van der Waals surface area contributed by atoms with Gasteiger partial charge in [-0.25, -0.2) is 4.39 Å². The summed E-state index contributed by atoms with van der Waals surface area (Å²) < 4.78 is 18.8. The van der Waals surface area contributed by atoms with E-state index in [1.54, 1.807) is 12.1 Å². The van der Waals surface area contributed by atoms with E-state index in [-0.39, 0.29) is 5.82 Å². The first kappa shape index (κ1) is 19.1. The third-order valence-electron chi connectivity index (χ3n) is 4.55. The van der Waals surface area contributed by atoms with Gasteiger partial charge in [0, 0.05) is 12.6 Å². The van der Waals surface area contributed by atoms with Gasteiger partial charge < -0.3 is 10.1 Å². The molecule has 27 heavy (non-hydrogen) atoms. The summed E-state index contributed by atoms with van der Waals surface area (Å²) in [6, 6.07) is 25.4. The average molecular weight is 363 g/mol. The monoisotopic (exact) mass is 363 g/mol. The van der Waals surface area contributed by atoms with Crippen LogP contribution < -0.4 is 10.1 Å². The number of halogens is 1. The van der Waals surface area contributed by atoms with Gasteiger partial charge in [0.2, 0.25) is 0 Å². The molecule has 0 aliphatic heterocycles. The van der Waals surface area contributed by atoms with Crippen molar-refractivity contribution in [2.45, 2.75) is 39.0 Å². The predicted octanol–water partition coefficient (Wildman–Crippen LogP) is 6.04. The van der Waals surface area contributed by atoms with Crippen LogP contribution in [0.25, 0.3) is 0 Å². The molecule has 0 heterocycles. The lowest BCUT2D eigenvalue weighted by Gasteiger charge is -2.19. The largest absolute Gasteiger partial charge is 0.489 e. The molecule has 0 aliphatic rings. The Morgan fingerprint density at radius 1 is 0.889 bits per heavy atom. The highest BCUT2D eigenvalue weighted by Crippen LogP contribution is 2.20. The van der Waals surface area contributed by atoms with Crippen molar-refractivity contribution in [1.82, 2.24) is 5.32 Å². The molecule has 0 saturated carbocycles. The van der Waals surface area contributed by atoms with Gasteiger partial charge in [-0.1, -0.05) is 67.9 Å². The van der Waals surface area contributed by atoms with Crippen molar-refractivity contribution in [3.05, 3.63) is 101 Å². The lowest BCUT2D eigenvalue weighted by molar-refractivity contribution is 0.305. The van der Waals surface area contributed by atoms with E-state index in [0.29, 0.717) is 12.6 Å². The minimum absolute atomic E-state index is 0.230. The summed E-state index contributed by atoms with van der Waals surface area (Å²) in [4.78, 5) is 0. The van der Waals surface area contributed by atoms with Crippen molar-refractivity contribution >= 4 is 0 Å². The zero-order valence-corrected chi connectivity index (χ0v) is 15.7. The van der Waals surface area contributed by atoms with E-state index in [0.717, 1.165) is 30.7 Å². The second kappa shape index (κ2) is 9.89. The molecule has 0 radical (unpaired) electrons. The highest BCUT2D eigenvalue weighted by atomic mass is 19.1. The van der Waals surface area contributed by atoms with Crippen molar-refractivity contribution in [2.24, 2.45) is 0 Å². The van der Waals surface area contributed by atoms with Crippen molar-refractivity contribution in [2.75, 3.05) is 0 Å². The summed E-state index contributed by atoms with van der Waals surface area (Å²) in [5.74, 6) is 0.595. The lowest BCUT2D eigenvalue weighted by atomic mass is 10.0. The standard InChI is InChI=1S/C24H26FNO/c1-2-7-24(21-9-4-3-5-10-21)26-17-20-8-6-11-23(16-20)27-18-19-12-14-22(25)15-13-19/h3-6,8-16,24,26H,2,7,17-18H2,1H3. The van der Waals surface area contributed by atoms with E-state index >= 15 is 0 Å². The van der Waals surface area contributed by atoms with Gasteiger partial charge in [-0.2, -0.15) is 0 Å². The van der Waals surface area contributed by atoms with Crippen LogP contribution in [0.2, 0.25) is 0 Å². The van der Waals surface area contributed by atoms with Crippen LogP contribution in [0.1, 0.15) is 42.5 Å². The molecule has 1 unspecified atom stereocenters. The minimum atomic E-state index is -0.230. The van der Waals surface area contributed by atoms with Crippen molar-refractivity contribution in [3.63, 3.8) is 0 Å². The molecule has 0 fully saturated rings. The molecule has 140 valence electrons. The van der Waals surface area contributed by atoms with Crippen LogP contribution in [-0.4, -0.2) is 0 Å². The van der Waals surface area contributed by atoms with Crippen LogP contribution in [0.3, 0.4) is 0 Å². The molecule has 3 aromatic carbocycles. The smallest absolute Gasteiger partial charge is 0.123 e. The maximum atomic E-state index is 13.0. The van der Waals surface area contributed by atoms with E-state index < -0.39 is 0 Å². The number of benzene rings is 3. The van der Waals surface area contributed by atoms with Crippen LogP contribution in [0.5, 0.6) is 5.75 Å². The van der Waals surface area contributed by atoms with Crippen molar-refractivity contribution in [3.8, 4) is 5.75 Å². The summed E-state index contributed by atoms with van der Waals surface area (Å²) in [6.07, 6.45) is 2.23. The molecule has 1 N–H and O–H groups in total. The van der Waals surface area contributed by atoms with Crippen LogP contribution >= 0.6 is 0 Å². The SMILES string of the molecule is CCCC(NCc1cccc(OCc2ccc(F)cc2)c1)c1ccccc1. The number of rotatable bonds is 9. The first-order valence-corrected chi connectivity index (χ1v) is 9.49. The van der Waals surface area contributed by atoms with Gasteiger partial charge in [-0.3, -0.25) is 0 Å². The van der Waals surface area contributed by atoms with Gasteiger partial charge in [0.05, 0.1) is 0 Å². The zero-order chi connectivity index (χ0) is 18.9. The molecular formula is C24H26FNO. The molecule has 0 aromatic heterocycles. The molecule has 0 bridgehead atoms. The third kappa shape index (κ3) is 5.93. The fraction of sp³-hybridized carbons (Fsp3) is 0.250. The Bertz CT molecular complexity index is 817. The van der Waals surface area contributed by atoms with E-state index in [1.165, 1.54) is 23.3 Å². The molecule has 0 aliphatic carbocycles. The molecule has 0 saturated heterocycles. The minimum Gasteiger partial charge on any atom is -0.489 e. The van der Waals surface area contributed by atoms with Gasteiger partial charge in [-0.15, -0.1) is 0 Å². The second-order valence-electron chi connectivity index (χ2n) is 6.70. The maximum Gasteiger partial charge on any atom is 0.123 e. The third-order valence-corrected chi connectivity index (χ3v) is 4.55. The molecule has 0 spiro atoms. The highest BCUT2D eigenvalue weighted by molar-refractivity contribution is 5.29. The van der Waals surface area contributed by atoms with Crippen LogP contribution in [0.4, 0.5) is 4.39 Å². The van der Waals surface area contributed by atoms with Gasteiger partial charge in [0.15, 0.2) is 0 Å². The molecule has 3 heteroatoms. The molecule has 2 nitrogen and oxygen atoms in total. The Morgan fingerprint density at radius 2 is 1.67 bits per heavy atom. The Kier molecular flexibility index (Phi) is 7.00. The summed E-state index contributed by atoms with van der Waals surface area (Å²) >= 11 is 0. The van der Waals surface area contributed by atoms with E-state index in [1.807, 2.05) is 12.1 Å². The Morgan fingerprint density at radius 3 is 2.41 bits per heavy atom. The summed E-state index contributed by atoms with van der Waals surface area (Å²) in [5.41, 5.74) is 3.46. The fourth-order valence-electron chi connectivity index (χ4n) is 3.09. The van der Waals surface area contributed by atoms with E-state index in [2.05, 4.69) is 54.7 Å². The Labute approximate surface area is 161 Å². The summed E-state index contributed by atoms with van der Waals surface area (Å²) in [6.45, 7) is 3.43. The van der Waals surface area contributed by atoms with Gasteiger partial charge in [-0.05, 0) is 47.4 Å². The van der Waals surface area contributed by atoms with Gasteiger partial charge >= 0.3 is 0 Å². The Balaban J connectivity index is 1.58. The molecular weight excluding hydrogens is 337 g/mol. The quantitative estimate of drug-likeness (QED) is 0.501. The summed E-state index contributed by atoms with van der Waals surface area (Å²) in [5, 5.41) is 3.66. The number of nitrogens with one attached hydrogen (secondary N) is 1. The number of hydrogen-bond donors (Lipinski definition) is 1. The average Bonchev–Trinajstić information content (AvgIpc) is 2.72. The summed E-state index contributed by atoms with van der Waals surface area (Å²) in [7, 11) is 0. The maximum absolute atomic E-state index is 13.0. The van der Waals surface area contributed by atoms with E-state index in [4.69, 9.17) is 4.74 Å². The number of hydrogen-bond acceptors (Lipinski definition) is 2. The first-order valence-electron chi connectivity index (χ1n) is 9.49. The van der Waals surface area contributed by atoms with Gasteiger partial charge in [0.1, 0.15) is 18.2 Å². The number of ether oxygens (including phenoxy) is 1. The molecule has 0 amide bonds. The van der Waals surface area contributed by atoms with E-state index in [9.17, 15) is 4.39 Å². The zero-order valence-electron chi connectivity index (χ0n) is 15.7. The first-order chi connectivity index (χ1) is 13.2. The molecule has 3 rings (SSSR count). The van der Waals surface area contributed by atoms with Crippen molar-refractivity contribution in [1.29, 1.82) is 0 Å². The normalized spacial score (nSPS) is 11.9. The van der Waals surface area contributed by atoms with Crippen molar-refractivity contribution < 1.29 is 9.13 Å². The van der Waals surface area contributed by atoms with Gasteiger partial charge in [0.25, 0.3) is 0 Å². The predicted molar refractivity (Wildman–Crippen MR) is 108 cm³/mol. The highest BCUT2D eigenvalue weighted by Gasteiger charge is 2.09. The molecule has 3 aromatic rings.